The molecule has 0 aromatic rings. The van der Waals surface area contributed by atoms with Crippen LogP contribution in [0.15, 0.2) is 0 Å². The Morgan fingerprint density at radius 3 is 1.60 bits per heavy atom. The Morgan fingerprint density at radius 1 is 0.650 bits per heavy atom. The maximum atomic E-state index is 6.61. The monoisotopic (exact) mass is 280 g/mol. The van der Waals surface area contributed by atoms with Crippen LogP contribution in [0.3, 0.4) is 0 Å². The van der Waals surface area contributed by atoms with E-state index in [9.17, 15) is 0 Å². The molecule has 3 aliphatic carbocycles. The minimum Gasteiger partial charge on any atom is -0.347 e. The standard InChI is InChI=1S/C18H32O2/c1-15-11-13-18(14-12-15,20-17-9-5-6-10-17)19-16-7-3-2-4-8-16/h15-17H,2-14H2,1H3. The summed E-state index contributed by atoms with van der Waals surface area (Å²) in [6, 6.07) is 0. The highest BCUT2D eigenvalue weighted by molar-refractivity contribution is 4.83. The van der Waals surface area contributed by atoms with Crippen LogP contribution in [-0.4, -0.2) is 18.0 Å². The van der Waals surface area contributed by atoms with Crippen molar-refractivity contribution in [2.75, 3.05) is 0 Å². The maximum absolute atomic E-state index is 6.61. The van der Waals surface area contributed by atoms with Crippen LogP contribution < -0.4 is 0 Å². The Labute approximate surface area is 124 Å². The van der Waals surface area contributed by atoms with Gasteiger partial charge >= 0.3 is 0 Å². The molecule has 0 aliphatic heterocycles. The third-order valence-electron chi connectivity index (χ3n) is 5.65. The van der Waals surface area contributed by atoms with E-state index in [-0.39, 0.29) is 5.79 Å². The molecule has 0 aromatic carbocycles. The fourth-order valence-corrected chi connectivity index (χ4v) is 4.26. The van der Waals surface area contributed by atoms with E-state index >= 15 is 0 Å². The first-order chi connectivity index (χ1) is 9.76. The van der Waals surface area contributed by atoms with Gasteiger partial charge in [-0.05, 0) is 44.4 Å². The second-order valence-corrected chi connectivity index (χ2v) is 7.50. The summed E-state index contributed by atoms with van der Waals surface area (Å²) in [4.78, 5) is 0. The van der Waals surface area contributed by atoms with Crippen molar-refractivity contribution in [3.8, 4) is 0 Å². The van der Waals surface area contributed by atoms with Crippen LogP contribution >= 0.6 is 0 Å². The van der Waals surface area contributed by atoms with Gasteiger partial charge in [0, 0.05) is 12.8 Å². The molecule has 0 heterocycles. The van der Waals surface area contributed by atoms with Gasteiger partial charge < -0.3 is 9.47 Å². The summed E-state index contributed by atoms with van der Waals surface area (Å²) < 4.78 is 13.2. The molecule has 0 N–H and O–H groups in total. The molecular formula is C18H32O2. The number of hydrogen-bond acceptors (Lipinski definition) is 2. The topological polar surface area (TPSA) is 18.5 Å². The number of rotatable bonds is 4. The molecule has 3 fully saturated rings. The molecule has 3 rings (SSSR count). The zero-order chi connectivity index (χ0) is 13.8. The highest BCUT2D eigenvalue weighted by atomic mass is 16.7. The first kappa shape index (κ1) is 14.8. The lowest BCUT2D eigenvalue weighted by molar-refractivity contribution is -0.296. The van der Waals surface area contributed by atoms with Gasteiger partial charge in [-0.3, -0.25) is 0 Å². The van der Waals surface area contributed by atoms with E-state index in [0.717, 1.165) is 18.8 Å². The molecule has 3 saturated carbocycles. The second-order valence-electron chi connectivity index (χ2n) is 7.50. The molecule has 116 valence electrons. The van der Waals surface area contributed by atoms with Crippen LogP contribution in [0.25, 0.3) is 0 Å². The van der Waals surface area contributed by atoms with Crippen molar-refractivity contribution in [2.45, 2.75) is 108 Å². The Morgan fingerprint density at radius 2 is 1.10 bits per heavy atom. The molecule has 0 spiro atoms. The average Bonchev–Trinajstić information content (AvgIpc) is 2.96. The summed E-state index contributed by atoms with van der Waals surface area (Å²) in [6.07, 6.45) is 17.6. The molecule has 0 atom stereocenters. The highest BCUT2D eigenvalue weighted by Crippen LogP contribution is 2.41. The SMILES string of the molecule is CC1CCC(OC2CCCCC2)(OC2CCCC2)CC1. The number of ether oxygens (including phenoxy) is 2. The molecule has 20 heavy (non-hydrogen) atoms. The van der Waals surface area contributed by atoms with Crippen molar-refractivity contribution in [3.05, 3.63) is 0 Å². The van der Waals surface area contributed by atoms with E-state index in [1.807, 2.05) is 0 Å². The van der Waals surface area contributed by atoms with Crippen molar-refractivity contribution < 1.29 is 9.47 Å². The van der Waals surface area contributed by atoms with E-state index in [4.69, 9.17) is 9.47 Å². The molecule has 0 unspecified atom stereocenters. The minimum atomic E-state index is -0.219. The van der Waals surface area contributed by atoms with Gasteiger partial charge in [0.2, 0.25) is 0 Å². The Balaban J connectivity index is 1.62. The predicted molar refractivity (Wildman–Crippen MR) is 81.7 cm³/mol. The van der Waals surface area contributed by atoms with Gasteiger partial charge in [-0.25, -0.2) is 0 Å². The Bertz CT molecular complexity index is 282. The summed E-state index contributed by atoms with van der Waals surface area (Å²) >= 11 is 0. The number of hydrogen-bond donors (Lipinski definition) is 0. The summed E-state index contributed by atoms with van der Waals surface area (Å²) in [5, 5.41) is 0. The van der Waals surface area contributed by atoms with Crippen molar-refractivity contribution in [1.29, 1.82) is 0 Å². The smallest absolute Gasteiger partial charge is 0.169 e. The van der Waals surface area contributed by atoms with E-state index in [1.165, 1.54) is 70.6 Å². The Kier molecular flexibility index (Phi) is 5.04. The second kappa shape index (κ2) is 6.79. The fraction of sp³-hybridized carbons (Fsp3) is 1.00. The third-order valence-corrected chi connectivity index (χ3v) is 5.65. The van der Waals surface area contributed by atoms with Gasteiger partial charge in [0.25, 0.3) is 0 Å². The molecule has 0 saturated heterocycles. The van der Waals surface area contributed by atoms with Gasteiger partial charge in [-0.1, -0.05) is 39.0 Å². The average molecular weight is 280 g/mol. The zero-order valence-corrected chi connectivity index (χ0v) is 13.2. The van der Waals surface area contributed by atoms with Crippen LogP contribution in [0, 0.1) is 5.92 Å². The van der Waals surface area contributed by atoms with Gasteiger partial charge in [0.1, 0.15) is 0 Å². The first-order valence-electron chi connectivity index (χ1n) is 9.11. The Hall–Kier alpha value is -0.0800. The van der Waals surface area contributed by atoms with Crippen LogP contribution in [0.4, 0.5) is 0 Å². The fourth-order valence-electron chi connectivity index (χ4n) is 4.26. The van der Waals surface area contributed by atoms with E-state index in [0.29, 0.717) is 12.2 Å². The lowest BCUT2D eigenvalue weighted by Crippen LogP contribution is -2.45. The highest BCUT2D eigenvalue weighted by Gasteiger charge is 2.40. The molecule has 0 bridgehead atoms. The summed E-state index contributed by atoms with van der Waals surface area (Å²) in [5.41, 5.74) is 0. The van der Waals surface area contributed by atoms with Crippen molar-refractivity contribution in [2.24, 2.45) is 5.92 Å². The zero-order valence-electron chi connectivity index (χ0n) is 13.2. The quantitative estimate of drug-likeness (QED) is 0.659. The first-order valence-corrected chi connectivity index (χ1v) is 9.11. The normalized spacial score (nSPS) is 37.4. The van der Waals surface area contributed by atoms with E-state index < -0.39 is 0 Å². The molecule has 0 aromatic heterocycles. The minimum absolute atomic E-state index is 0.219. The molecular weight excluding hydrogens is 248 g/mol. The van der Waals surface area contributed by atoms with Crippen molar-refractivity contribution in [3.63, 3.8) is 0 Å². The van der Waals surface area contributed by atoms with Crippen molar-refractivity contribution in [1.82, 2.24) is 0 Å². The molecule has 0 amide bonds. The van der Waals surface area contributed by atoms with E-state index in [1.54, 1.807) is 0 Å². The molecule has 3 aliphatic rings. The van der Waals surface area contributed by atoms with Crippen LogP contribution in [0.2, 0.25) is 0 Å². The van der Waals surface area contributed by atoms with Gasteiger partial charge in [0.15, 0.2) is 5.79 Å². The molecule has 2 nitrogen and oxygen atoms in total. The third kappa shape index (κ3) is 3.76. The van der Waals surface area contributed by atoms with Gasteiger partial charge in [-0.15, -0.1) is 0 Å². The maximum Gasteiger partial charge on any atom is 0.169 e. The summed E-state index contributed by atoms with van der Waals surface area (Å²) in [6.45, 7) is 2.38. The van der Waals surface area contributed by atoms with Gasteiger partial charge in [-0.2, -0.15) is 0 Å². The van der Waals surface area contributed by atoms with Gasteiger partial charge in [0.05, 0.1) is 12.2 Å². The van der Waals surface area contributed by atoms with Crippen LogP contribution in [0.5, 0.6) is 0 Å². The molecule has 2 heteroatoms. The van der Waals surface area contributed by atoms with E-state index in [2.05, 4.69) is 6.92 Å². The largest absolute Gasteiger partial charge is 0.347 e. The summed E-state index contributed by atoms with van der Waals surface area (Å²) in [7, 11) is 0. The van der Waals surface area contributed by atoms with Crippen LogP contribution in [-0.2, 0) is 9.47 Å². The lowest BCUT2D eigenvalue weighted by Gasteiger charge is -2.43. The lowest BCUT2D eigenvalue weighted by atomic mass is 9.85. The van der Waals surface area contributed by atoms with Crippen molar-refractivity contribution >= 4 is 0 Å². The van der Waals surface area contributed by atoms with Crippen LogP contribution in [0.1, 0.15) is 90.4 Å². The predicted octanol–water partition coefficient (Wildman–Crippen LogP) is 5.20. The summed E-state index contributed by atoms with van der Waals surface area (Å²) in [5.74, 6) is 0.633. The molecule has 0 radical (unpaired) electrons.